The molecule has 3 fully saturated rings. The van der Waals surface area contributed by atoms with Gasteiger partial charge in [0.1, 0.15) is 0 Å². The average Bonchev–Trinajstić information content (AvgIpc) is 3.23. The Morgan fingerprint density at radius 3 is 2.15 bits per heavy atom. The van der Waals surface area contributed by atoms with E-state index in [1.807, 2.05) is 0 Å². The number of hydrogen-bond donors (Lipinski definition) is 0. The van der Waals surface area contributed by atoms with Crippen molar-refractivity contribution >= 4 is 0 Å². The SMILES string of the molecule is c1ccc(CN2C[C@H]3C[C@@H](C2)CN(CC2CC2)C3)cc1. The molecular formula is C18H26N2. The third kappa shape index (κ3) is 3.07. The number of nitrogens with zero attached hydrogens (tertiary/aromatic N) is 2. The van der Waals surface area contributed by atoms with Crippen LogP contribution in [0.4, 0.5) is 0 Å². The summed E-state index contributed by atoms with van der Waals surface area (Å²) in [5.41, 5.74) is 1.47. The topological polar surface area (TPSA) is 6.48 Å². The lowest BCUT2D eigenvalue weighted by molar-refractivity contribution is 0.0258. The van der Waals surface area contributed by atoms with Gasteiger partial charge in [0.25, 0.3) is 0 Å². The summed E-state index contributed by atoms with van der Waals surface area (Å²) in [7, 11) is 0. The van der Waals surface area contributed by atoms with Gasteiger partial charge in [0.05, 0.1) is 0 Å². The van der Waals surface area contributed by atoms with E-state index in [0.29, 0.717) is 0 Å². The Kier molecular flexibility index (Phi) is 3.53. The van der Waals surface area contributed by atoms with E-state index in [1.54, 1.807) is 0 Å². The Balaban J connectivity index is 1.34. The monoisotopic (exact) mass is 270 g/mol. The molecular weight excluding hydrogens is 244 g/mol. The third-order valence-electron chi connectivity index (χ3n) is 5.19. The first-order valence-corrected chi connectivity index (χ1v) is 8.34. The minimum absolute atomic E-state index is 0.921. The second kappa shape index (κ2) is 5.50. The number of rotatable bonds is 4. The Bertz CT molecular complexity index is 426. The second-order valence-corrected chi connectivity index (χ2v) is 7.31. The Morgan fingerprint density at radius 2 is 1.50 bits per heavy atom. The highest BCUT2D eigenvalue weighted by Crippen LogP contribution is 2.34. The molecule has 2 bridgehead atoms. The lowest BCUT2D eigenvalue weighted by Crippen LogP contribution is -2.52. The van der Waals surface area contributed by atoms with Gasteiger partial charge in [-0.15, -0.1) is 0 Å². The number of likely N-dealkylation sites (tertiary alicyclic amines) is 2. The fourth-order valence-electron chi connectivity index (χ4n) is 4.28. The molecule has 2 atom stereocenters. The van der Waals surface area contributed by atoms with Crippen molar-refractivity contribution in [3.8, 4) is 0 Å². The molecule has 1 aromatic carbocycles. The first-order valence-electron chi connectivity index (χ1n) is 8.34. The van der Waals surface area contributed by atoms with Crippen LogP contribution < -0.4 is 0 Å². The predicted octanol–water partition coefficient (Wildman–Crippen LogP) is 2.85. The van der Waals surface area contributed by atoms with Crippen molar-refractivity contribution < 1.29 is 0 Å². The first kappa shape index (κ1) is 12.8. The van der Waals surface area contributed by atoms with Crippen molar-refractivity contribution in [1.29, 1.82) is 0 Å². The van der Waals surface area contributed by atoms with Crippen molar-refractivity contribution in [3.05, 3.63) is 35.9 Å². The van der Waals surface area contributed by atoms with Gasteiger partial charge in [-0.05, 0) is 42.6 Å². The molecule has 2 nitrogen and oxygen atoms in total. The van der Waals surface area contributed by atoms with Gasteiger partial charge in [-0.2, -0.15) is 0 Å². The molecule has 108 valence electrons. The molecule has 0 aromatic heterocycles. The summed E-state index contributed by atoms with van der Waals surface area (Å²) < 4.78 is 0. The molecule has 2 saturated heterocycles. The molecule has 2 aliphatic heterocycles. The Morgan fingerprint density at radius 1 is 0.850 bits per heavy atom. The van der Waals surface area contributed by atoms with Crippen LogP contribution in [-0.2, 0) is 6.54 Å². The molecule has 0 unspecified atom stereocenters. The Hall–Kier alpha value is -0.860. The van der Waals surface area contributed by atoms with Crippen LogP contribution in [0.3, 0.4) is 0 Å². The number of fused-ring (bicyclic) bond motifs is 2. The summed E-state index contributed by atoms with van der Waals surface area (Å²) in [6.07, 6.45) is 4.46. The molecule has 1 aliphatic carbocycles. The maximum absolute atomic E-state index is 2.77. The maximum Gasteiger partial charge on any atom is 0.0233 e. The highest BCUT2D eigenvalue weighted by Gasteiger charge is 2.35. The van der Waals surface area contributed by atoms with E-state index in [9.17, 15) is 0 Å². The molecule has 3 aliphatic rings. The molecule has 4 rings (SSSR count). The van der Waals surface area contributed by atoms with Gasteiger partial charge in [-0.1, -0.05) is 30.3 Å². The quantitative estimate of drug-likeness (QED) is 0.830. The zero-order chi connectivity index (χ0) is 13.4. The summed E-state index contributed by atoms with van der Waals surface area (Å²) in [4.78, 5) is 5.47. The van der Waals surface area contributed by atoms with E-state index in [-0.39, 0.29) is 0 Å². The molecule has 1 aromatic rings. The maximum atomic E-state index is 2.77. The highest BCUT2D eigenvalue weighted by molar-refractivity contribution is 5.14. The fraction of sp³-hybridized carbons (Fsp3) is 0.667. The number of benzene rings is 1. The van der Waals surface area contributed by atoms with E-state index in [0.717, 1.165) is 24.3 Å². The van der Waals surface area contributed by atoms with Crippen LogP contribution in [0.5, 0.6) is 0 Å². The summed E-state index contributed by atoms with van der Waals surface area (Å²) >= 11 is 0. The molecule has 2 heteroatoms. The standard InChI is InChI=1S/C18H26N2/c1-2-4-15(5-3-1)9-19-11-17-8-18(12-19)14-20(13-17)10-16-6-7-16/h1-5,16-18H,6-14H2/t17-,18+. The van der Waals surface area contributed by atoms with Gasteiger partial charge >= 0.3 is 0 Å². The second-order valence-electron chi connectivity index (χ2n) is 7.31. The molecule has 1 saturated carbocycles. The van der Waals surface area contributed by atoms with E-state index in [2.05, 4.69) is 40.1 Å². The van der Waals surface area contributed by atoms with Crippen LogP contribution in [0, 0.1) is 17.8 Å². The number of piperidine rings is 2. The van der Waals surface area contributed by atoms with Crippen LogP contribution in [0.15, 0.2) is 30.3 Å². The normalized spacial score (nSPS) is 31.4. The van der Waals surface area contributed by atoms with Crippen LogP contribution in [0.25, 0.3) is 0 Å². The molecule has 0 amide bonds. The first-order chi connectivity index (χ1) is 9.85. The lowest BCUT2D eigenvalue weighted by Gasteiger charge is -2.46. The Labute approximate surface area is 122 Å². The van der Waals surface area contributed by atoms with E-state index < -0.39 is 0 Å². The highest BCUT2D eigenvalue weighted by atomic mass is 15.2. The molecule has 0 N–H and O–H groups in total. The fourth-order valence-corrected chi connectivity index (χ4v) is 4.28. The van der Waals surface area contributed by atoms with E-state index in [1.165, 1.54) is 57.5 Å². The largest absolute Gasteiger partial charge is 0.302 e. The molecule has 2 heterocycles. The molecule has 0 radical (unpaired) electrons. The summed E-state index contributed by atoms with van der Waals surface area (Å²) in [5, 5.41) is 0. The van der Waals surface area contributed by atoms with Gasteiger partial charge in [-0.3, -0.25) is 4.90 Å². The summed E-state index contributed by atoms with van der Waals surface area (Å²) in [6, 6.07) is 11.0. The molecule has 0 spiro atoms. The van der Waals surface area contributed by atoms with Gasteiger partial charge < -0.3 is 4.90 Å². The zero-order valence-electron chi connectivity index (χ0n) is 12.4. The summed E-state index contributed by atoms with van der Waals surface area (Å²) in [6.45, 7) is 7.89. The minimum Gasteiger partial charge on any atom is -0.302 e. The minimum atomic E-state index is 0.921. The van der Waals surface area contributed by atoms with Crippen LogP contribution >= 0.6 is 0 Å². The van der Waals surface area contributed by atoms with Crippen molar-refractivity contribution in [2.24, 2.45) is 17.8 Å². The zero-order valence-corrected chi connectivity index (χ0v) is 12.4. The number of hydrogen-bond acceptors (Lipinski definition) is 2. The molecule has 20 heavy (non-hydrogen) atoms. The van der Waals surface area contributed by atoms with Gasteiger partial charge in [0.2, 0.25) is 0 Å². The van der Waals surface area contributed by atoms with E-state index >= 15 is 0 Å². The van der Waals surface area contributed by atoms with E-state index in [4.69, 9.17) is 0 Å². The smallest absolute Gasteiger partial charge is 0.0233 e. The van der Waals surface area contributed by atoms with Crippen molar-refractivity contribution in [2.45, 2.75) is 25.8 Å². The lowest BCUT2D eigenvalue weighted by atomic mass is 9.84. The van der Waals surface area contributed by atoms with Crippen LogP contribution in [0.2, 0.25) is 0 Å². The van der Waals surface area contributed by atoms with Crippen molar-refractivity contribution in [2.75, 3.05) is 32.7 Å². The van der Waals surface area contributed by atoms with Gasteiger partial charge in [-0.25, -0.2) is 0 Å². The van der Waals surface area contributed by atoms with Crippen molar-refractivity contribution in [3.63, 3.8) is 0 Å². The average molecular weight is 270 g/mol. The van der Waals surface area contributed by atoms with Crippen molar-refractivity contribution in [1.82, 2.24) is 9.80 Å². The van der Waals surface area contributed by atoms with Crippen LogP contribution in [-0.4, -0.2) is 42.5 Å². The summed E-state index contributed by atoms with van der Waals surface area (Å²) in [5.74, 6) is 2.89. The van der Waals surface area contributed by atoms with Crippen LogP contribution in [0.1, 0.15) is 24.8 Å². The van der Waals surface area contributed by atoms with Gasteiger partial charge in [0.15, 0.2) is 0 Å². The third-order valence-corrected chi connectivity index (χ3v) is 5.19. The van der Waals surface area contributed by atoms with Gasteiger partial charge in [0, 0.05) is 39.3 Å². The predicted molar refractivity (Wildman–Crippen MR) is 82.5 cm³/mol.